The van der Waals surface area contributed by atoms with Crippen molar-refractivity contribution in [1.29, 1.82) is 0 Å². The van der Waals surface area contributed by atoms with Gasteiger partial charge in [0.2, 0.25) is 25.3 Å². The number of carbonyl (C=O) groups excluding carboxylic acids is 2. The van der Waals surface area contributed by atoms with Crippen LogP contribution in [0.25, 0.3) is 0 Å². The van der Waals surface area contributed by atoms with Gasteiger partial charge in [-0.1, -0.05) is 0 Å². The van der Waals surface area contributed by atoms with Crippen molar-refractivity contribution >= 4 is 48.4 Å². The Balaban J connectivity index is 4.47. The van der Waals surface area contributed by atoms with E-state index in [0.717, 1.165) is 6.92 Å². The Morgan fingerprint density at radius 3 is 1.75 bits per heavy atom. The van der Waals surface area contributed by atoms with Gasteiger partial charge in [0.05, 0.1) is 52.9 Å². The first-order chi connectivity index (χ1) is 17.1. The first kappa shape index (κ1) is 35.7. The molecule has 0 aliphatic carbocycles. The van der Waals surface area contributed by atoms with Crippen LogP contribution in [0.3, 0.4) is 0 Å². The second-order valence-electron chi connectivity index (χ2n) is 8.56. The Morgan fingerprint density at radius 1 is 0.778 bits per heavy atom. The lowest BCUT2D eigenvalue weighted by Gasteiger charge is -2.35. The Hall–Kier alpha value is -0.312. The van der Waals surface area contributed by atoms with Crippen molar-refractivity contribution in [3.8, 4) is 0 Å². The lowest BCUT2D eigenvalue weighted by atomic mass is 10.4. The fourth-order valence-corrected chi connectivity index (χ4v) is 12.4. The van der Waals surface area contributed by atoms with Gasteiger partial charge in [0.25, 0.3) is 0 Å². The number of carbonyl (C=O) groups is 2. The van der Waals surface area contributed by atoms with Crippen molar-refractivity contribution in [2.75, 3.05) is 66.6 Å². The lowest BCUT2D eigenvalue weighted by molar-refractivity contribution is -0.162. The van der Waals surface area contributed by atoms with E-state index in [1.807, 2.05) is 13.1 Å². The van der Waals surface area contributed by atoms with Crippen molar-refractivity contribution in [1.82, 2.24) is 0 Å². The third-order valence-electron chi connectivity index (χ3n) is 4.09. The average molecular weight is 585 g/mol. The van der Waals surface area contributed by atoms with E-state index in [-0.39, 0.29) is 32.7 Å². The standard InChI is InChI=1S/C21H44O11Si4/c1-19(22)21(23)29-20(18-28-15-14-26-13-12-25-11-10-24-2)17-27-9-8-16-36(30-33-3,31-34-4)32-35(5,6)7/h20H,8-18H2,1-7H3. The molecule has 1 atom stereocenters. The molecule has 0 fully saturated rings. The number of hydrogen-bond donors (Lipinski definition) is 0. The molecule has 0 bridgehead atoms. The fourth-order valence-electron chi connectivity index (χ4n) is 2.75. The molecule has 0 aromatic heterocycles. The van der Waals surface area contributed by atoms with Crippen LogP contribution in [0.5, 0.6) is 0 Å². The minimum absolute atomic E-state index is 0.0876. The number of Topliss-reactive ketones (excluding diaryl/α,β-unsaturated/α-hetero) is 1. The van der Waals surface area contributed by atoms with Crippen molar-refractivity contribution < 1.29 is 50.4 Å². The highest BCUT2D eigenvalue weighted by Gasteiger charge is 2.43. The number of hydrogen-bond acceptors (Lipinski definition) is 11. The Labute approximate surface area is 223 Å². The summed E-state index contributed by atoms with van der Waals surface area (Å²) in [6.45, 7) is 14.7. The topological polar surface area (TPSA) is 117 Å². The zero-order valence-corrected chi connectivity index (χ0v) is 26.8. The molecule has 1 unspecified atom stereocenters. The summed E-state index contributed by atoms with van der Waals surface area (Å²) in [5.74, 6) is -1.59. The van der Waals surface area contributed by atoms with E-state index < -0.39 is 35.0 Å². The molecule has 0 N–H and O–H groups in total. The minimum atomic E-state index is -2.77. The van der Waals surface area contributed by atoms with E-state index >= 15 is 0 Å². The van der Waals surface area contributed by atoms with Gasteiger partial charge in [-0.3, -0.25) is 4.79 Å². The number of rotatable bonds is 25. The summed E-state index contributed by atoms with van der Waals surface area (Å²) < 4.78 is 50.6. The van der Waals surface area contributed by atoms with Gasteiger partial charge >= 0.3 is 14.8 Å². The van der Waals surface area contributed by atoms with Crippen LogP contribution in [-0.4, -0.2) is 121 Å². The molecule has 0 heterocycles. The zero-order valence-electron chi connectivity index (χ0n) is 22.8. The predicted molar refractivity (Wildman–Crippen MR) is 141 cm³/mol. The van der Waals surface area contributed by atoms with Gasteiger partial charge in [0.1, 0.15) is 6.10 Å². The van der Waals surface area contributed by atoms with E-state index in [1.165, 1.54) is 0 Å². The van der Waals surface area contributed by atoms with Gasteiger partial charge in [-0.05, 0) is 39.2 Å². The molecule has 36 heavy (non-hydrogen) atoms. The predicted octanol–water partition coefficient (Wildman–Crippen LogP) is 1.75. The van der Waals surface area contributed by atoms with Crippen molar-refractivity contribution in [3.63, 3.8) is 0 Å². The first-order valence-electron chi connectivity index (χ1n) is 12.0. The highest BCUT2D eigenvalue weighted by Crippen LogP contribution is 2.22. The number of methoxy groups -OCH3 is 1. The van der Waals surface area contributed by atoms with Gasteiger partial charge < -0.3 is 40.8 Å². The minimum Gasteiger partial charge on any atom is -0.452 e. The van der Waals surface area contributed by atoms with Crippen LogP contribution in [0.15, 0.2) is 0 Å². The molecule has 0 aromatic carbocycles. The SMILES string of the molecule is COCCOCCOCCOCC(COCCC[Si](O[Si]C)(O[Si]C)O[Si](C)(C)C)OC(=O)C(C)=O. The number of esters is 1. The summed E-state index contributed by atoms with van der Waals surface area (Å²) in [4.78, 5) is 23.1. The fraction of sp³-hybridized carbons (Fsp3) is 0.905. The molecule has 4 radical (unpaired) electrons. The van der Waals surface area contributed by atoms with E-state index in [1.54, 1.807) is 7.11 Å². The molecule has 0 saturated carbocycles. The normalized spacial score (nSPS) is 13.1. The molecular formula is C21H44O11Si4. The lowest BCUT2D eigenvalue weighted by Crippen LogP contribution is -2.53. The largest absolute Gasteiger partial charge is 0.469 e. The Morgan fingerprint density at radius 2 is 1.28 bits per heavy atom. The maximum Gasteiger partial charge on any atom is 0.469 e. The molecule has 210 valence electrons. The second kappa shape index (κ2) is 21.6. The molecule has 15 heteroatoms. The van der Waals surface area contributed by atoms with Crippen molar-refractivity contribution in [3.05, 3.63) is 0 Å². The van der Waals surface area contributed by atoms with Crippen LogP contribution in [0.1, 0.15) is 13.3 Å². The molecule has 0 spiro atoms. The molecule has 0 saturated heterocycles. The van der Waals surface area contributed by atoms with Gasteiger partial charge in [0.15, 0.2) is 8.32 Å². The molecule has 0 aliphatic heterocycles. The smallest absolute Gasteiger partial charge is 0.452 e. The number of ketones is 1. The second-order valence-corrected chi connectivity index (χ2v) is 17.9. The summed E-state index contributed by atoms with van der Waals surface area (Å²) in [6.07, 6.45) is -0.0408. The molecular weight excluding hydrogens is 541 g/mol. The summed E-state index contributed by atoms with van der Waals surface area (Å²) in [6, 6.07) is 0.639. The van der Waals surface area contributed by atoms with Crippen LogP contribution >= 0.6 is 0 Å². The maximum atomic E-state index is 11.8. The highest BCUT2D eigenvalue weighted by molar-refractivity contribution is 6.82. The summed E-state index contributed by atoms with van der Waals surface area (Å²) >= 11 is 0. The van der Waals surface area contributed by atoms with Crippen LogP contribution in [0, 0.1) is 0 Å². The molecule has 0 rings (SSSR count). The molecule has 0 aliphatic rings. The van der Waals surface area contributed by atoms with Crippen LogP contribution in [0.2, 0.25) is 38.8 Å². The van der Waals surface area contributed by atoms with E-state index in [0.29, 0.717) is 58.7 Å². The van der Waals surface area contributed by atoms with E-state index in [4.69, 9.17) is 40.8 Å². The summed E-state index contributed by atoms with van der Waals surface area (Å²) in [7, 11) is -2.47. The van der Waals surface area contributed by atoms with Crippen molar-refractivity contribution in [2.45, 2.75) is 58.2 Å². The first-order valence-corrected chi connectivity index (χ1v) is 20.2. The van der Waals surface area contributed by atoms with E-state index in [2.05, 4.69) is 19.6 Å². The van der Waals surface area contributed by atoms with Crippen molar-refractivity contribution in [2.24, 2.45) is 0 Å². The molecule has 11 nitrogen and oxygen atoms in total. The van der Waals surface area contributed by atoms with Gasteiger partial charge in [0, 0.05) is 26.7 Å². The van der Waals surface area contributed by atoms with Crippen LogP contribution in [0.4, 0.5) is 0 Å². The molecule has 0 aromatic rings. The third-order valence-corrected chi connectivity index (χ3v) is 12.9. The molecule has 0 amide bonds. The average Bonchev–Trinajstić information content (AvgIpc) is 2.78. The quantitative estimate of drug-likeness (QED) is 0.0676. The summed E-state index contributed by atoms with van der Waals surface area (Å²) in [5.41, 5.74) is 0. The monoisotopic (exact) mass is 584 g/mol. The summed E-state index contributed by atoms with van der Waals surface area (Å²) in [5, 5.41) is 0. The van der Waals surface area contributed by atoms with Gasteiger partial charge in [-0.25, -0.2) is 4.79 Å². The highest BCUT2D eigenvalue weighted by atomic mass is 28.5. The van der Waals surface area contributed by atoms with Gasteiger partial charge in [-0.2, -0.15) is 0 Å². The Kier molecular flexibility index (Phi) is 21.4. The maximum absolute atomic E-state index is 11.8. The Bertz CT molecular complexity index is 573. The van der Waals surface area contributed by atoms with Crippen LogP contribution in [-0.2, 0) is 50.4 Å². The van der Waals surface area contributed by atoms with Crippen LogP contribution < -0.4 is 0 Å². The number of ether oxygens (including phenoxy) is 6. The zero-order chi connectivity index (χ0) is 27.3. The van der Waals surface area contributed by atoms with Gasteiger partial charge in [-0.15, -0.1) is 0 Å². The van der Waals surface area contributed by atoms with E-state index in [9.17, 15) is 9.59 Å². The third kappa shape index (κ3) is 19.8.